The summed E-state index contributed by atoms with van der Waals surface area (Å²) in [5.41, 5.74) is 9.72. The highest BCUT2D eigenvalue weighted by Gasteiger charge is 2.20. The molecule has 1 aromatic rings. The quantitative estimate of drug-likeness (QED) is 0.358. The summed E-state index contributed by atoms with van der Waals surface area (Å²) in [5, 5.41) is 23.2. The van der Waals surface area contributed by atoms with Crippen LogP contribution >= 0.6 is 0 Å². The van der Waals surface area contributed by atoms with Gasteiger partial charge in [-0.25, -0.2) is 4.79 Å². The van der Waals surface area contributed by atoms with Crippen LogP contribution in [0.3, 0.4) is 0 Å². The number of methoxy groups -OCH3 is 1. The monoisotopic (exact) mass is 279 g/mol. The molecule has 0 aliphatic carbocycles. The summed E-state index contributed by atoms with van der Waals surface area (Å²) < 4.78 is 4.61. The molecule has 108 valence electrons. The fourth-order valence-electron chi connectivity index (χ4n) is 1.85. The van der Waals surface area contributed by atoms with Crippen LogP contribution in [0.4, 0.5) is 0 Å². The second-order valence-corrected chi connectivity index (χ2v) is 4.32. The number of benzene rings is 1. The lowest BCUT2D eigenvalue weighted by molar-refractivity contribution is 0.0146. The molecule has 0 aliphatic rings. The molecule has 0 saturated heterocycles. The van der Waals surface area contributed by atoms with Crippen LogP contribution in [0.15, 0.2) is 23.3 Å². The summed E-state index contributed by atoms with van der Waals surface area (Å²) >= 11 is 0. The number of aliphatic hydroxyl groups excluding tert-OH is 2. The van der Waals surface area contributed by atoms with Crippen LogP contribution in [-0.4, -0.2) is 35.9 Å². The number of rotatable bonds is 6. The number of nitrogens with zero attached hydrogens (tertiary/aromatic N) is 3. The number of carbonyl (C=O) groups is 1. The molecule has 1 aromatic carbocycles. The van der Waals surface area contributed by atoms with Crippen LogP contribution in [0.2, 0.25) is 0 Å². The van der Waals surface area contributed by atoms with Crippen molar-refractivity contribution >= 4 is 5.97 Å². The Morgan fingerprint density at radius 2 is 2.20 bits per heavy atom. The SMILES string of the molecule is COC(=O)c1ccc(C(O)C(O)CCN=[N+]=[N-])c(C)c1. The van der Waals surface area contributed by atoms with Gasteiger partial charge < -0.3 is 14.9 Å². The second-order valence-electron chi connectivity index (χ2n) is 4.32. The molecule has 0 fully saturated rings. The van der Waals surface area contributed by atoms with Gasteiger partial charge in [0.05, 0.1) is 18.8 Å². The molecule has 2 unspecified atom stereocenters. The fourth-order valence-corrected chi connectivity index (χ4v) is 1.85. The Kier molecular flexibility index (Phi) is 5.99. The molecule has 20 heavy (non-hydrogen) atoms. The standard InChI is InChI=1S/C13H17N3O4/c1-8-7-9(13(19)20-2)3-4-10(8)12(18)11(17)5-6-15-16-14/h3-4,7,11-12,17-18H,5-6H2,1-2H3. The number of hydrogen-bond donors (Lipinski definition) is 2. The third-order valence-corrected chi connectivity index (χ3v) is 2.96. The average Bonchev–Trinajstić information content (AvgIpc) is 2.45. The van der Waals surface area contributed by atoms with Crippen molar-refractivity contribution in [3.8, 4) is 0 Å². The van der Waals surface area contributed by atoms with Gasteiger partial charge in [-0.2, -0.15) is 0 Å². The number of carbonyl (C=O) groups excluding carboxylic acids is 1. The van der Waals surface area contributed by atoms with Gasteiger partial charge in [-0.15, -0.1) is 0 Å². The van der Waals surface area contributed by atoms with E-state index in [1.807, 2.05) is 0 Å². The molecular weight excluding hydrogens is 262 g/mol. The van der Waals surface area contributed by atoms with E-state index >= 15 is 0 Å². The van der Waals surface area contributed by atoms with E-state index in [0.29, 0.717) is 16.7 Å². The van der Waals surface area contributed by atoms with Crippen LogP contribution in [0.25, 0.3) is 10.4 Å². The normalized spacial score (nSPS) is 13.2. The topological polar surface area (TPSA) is 116 Å². The number of aliphatic hydroxyl groups is 2. The summed E-state index contributed by atoms with van der Waals surface area (Å²) in [7, 11) is 1.29. The Morgan fingerprint density at radius 3 is 2.75 bits per heavy atom. The molecule has 2 N–H and O–H groups in total. The summed E-state index contributed by atoms with van der Waals surface area (Å²) in [6.07, 6.45) is -1.98. The second kappa shape index (κ2) is 7.49. The Bertz CT molecular complexity index is 526. The highest BCUT2D eigenvalue weighted by Crippen LogP contribution is 2.23. The van der Waals surface area contributed by atoms with E-state index in [2.05, 4.69) is 14.8 Å². The zero-order valence-corrected chi connectivity index (χ0v) is 11.4. The summed E-state index contributed by atoms with van der Waals surface area (Å²) in [6, 6.07) is 4.69. The largest absolute Gasteiger partial charge is 0.465 e. The average molecular weight is 279 g/mol. The third kappa shape index (κ3) is 3.96. The molecule has 0 spiro atoms. The van der Waals surface area contributed by atoms with Crippen LogP contribution < -0.4 is 0 Å². The van der Waals surface area contributed by atoms with Gasteiger partial charge in [0.1, 0.15) is 6.10 Å². The van der Waals surface area contributed by atoms with E-state index in [1.165, 1.54) is 13.2 Å². The van der Waals surface area contributed by atoms with E-state index in [9.17, 15) is 15.0 Å². The van der Waals surface area contributed by atoms with Gasteiger partial charge in [0.15, 0.2) is 0 Å². The van der Waals surface area contributed by atoms with Gasteiger partial charge in [-0.05, 0) is 42.1 Å². The minimum Gasteiger partial charge on any atom is -0.465 e. The van der Waals surface area contributed by atoms with Crippen LogP contribution in [0.1, 0.15) is 34.0 Å². The van der Waals surface area contributed by atoms with Crippen LogP contribution in [-0.2, 0) is 4.74 Å². The van der Waals surface area contributed by atoms with Gasteiger partial charge >= 0.3 is 5.97 Å². The molecule has 0 heterocycles. The van der Waals surface area contributed by atoms with Crippen molar-refractivity contribution in [2.45, 2.75) is 25.6 Å². The summed E-state index contributed by atoms with van der Waals surface area (Å²) in [6.45, 7) is 1.83. The zero-order valence-electron chi connectivity index (χ0n) is 11.4. The first-order chi connectivity index (χ1) is 9.51. The van der Waals surface area contributed by atoms with Crippen molar-refractivity contribution < 1.29 is 19.7 Å². The molecule has 0 radical (unpaired) electrons. The van der Waals surface area contributed by atoms with Gasteiger partial charge in [0.25, 0.3) is 0 Å². The minimum atomic E-state index is -1.10. The molecule has 2 atom stereocenters. The van der Waals surface area contributed by atoms with E-state index in [-0.39, 0.29) is 13.0 Å². The van der Waals surface area contributed by atoms with Crippen LogP contribution in [0, 0.1) is 6.92 Å². The molecule has 0 aliphatic heterocycles. The summed E-state index contributed by atoms with van der Waals surface area (Å²) in [4.78, 5) is 14.0. The maximum absolute atomic E-state index is 11.4. The van der Waals surface area contributed by atoms with Gasteiger partial charge in [0.2, 0.25) is 0 Å². The molecule has 0 amide bonds. The molecular formula is C13H17N3O4. The van der Waals surface area contributed by atoms with Crippen molar-refractivity contribution in [1.82, 2.24) is 0 Å². The van der Waals surface area contributed by atoms with E-state index in [4.69, 9.17) is 5.53 Å². The number of aryl methyl sites for hydroxylation is 1. The molecule has 7 heteroatoms. The maximum atomic E-state index is 11.4. The van der Waals surface area contributed by atoms with Crippen molar-refractivity contribution in [3.05, 3.63) is 45.3 Å². The smallest absolute Gasteiger partial charge is 0.337 e. The third-order valence-electron chi connectivity index (χ3n) is 2.96. The lowest BCUT2D eigenvalue weighted by atomic mass is 9.96. The maximum Gasteiger partial charge on any atom is 0.337 e. The molecule has 1 rings (SSSR count). The Morgan fingerprint density at radius 1 is 1.50 bits per heavy atom. The predicted molar refractivity (Wildman–Crippen MR) is 72.1 cm³/mol. The highest BCUT2D eigenvalue weighted by molar-refractivity contribution is 5.89. The van der Waals surface area contributed by atoms with E-state index in [1.54, 1.807) is 19.1 Å². The number of esters is 1. The van der Waals surface area contributed by atoms with Crippen molar-refractivity contribution in [1.29, 1.82) is 0 Å². The van der Waals surface area contributed by atoms with Crippen molar-refractivity contribution in [2.24, 2.45) is 5.11 Å². The number of hydrogen-bond acceptors (Lipinski definition) is 5. The Balaban J connectivity index is 2.85. The van der Waals surface area contributed by atoms with Crippen molar-refractivity contribution in [2.75, 3.05) is 13.7 Å². The van der Waals surface area contributed by atoms with Gasteiger partial charge in [-0.1, -0.05) is 11.2 Å². The predicted octanol–water partition coefficient (Wildman–Crippen LogP) is 1.88. The van der Waals surface area contributed by atoms with Crippen molar-refractivity contribution in [3.63, 3.8) is 0 Å². The Labute approximate surface area is 116 Å². The molecule has 0 saturated carbocycles. The minimum absolute atomic E-state index is 0.105. The van der Waals surface area contributed by atoms with Crippen LogP contribution in [0.5, 0.6) is 0 Å². The first kappa shape index (κ1) is 16.0. The Hall–Kier alpha value is -2.08. The summed E-state index contributed by atoms with van der Waals surface area (Å²) in [5.74, 6) is -0.460. The number of ether oxygens (including phenoxy) is 1. The lowest BCUT2D eigenvalue weighted by Gasteiger charge is -2.19. The van der Waals surface area contributed by atoms with E-state index in [0.717, 1.165) is 0 Å². The zero-order chi connectivity index (χ0) is 15.1. The van der Waals surface area contributed by atoms with Gasteiger partial charge in [0, 0.05) is 11.5 Å². The van der Waals surface area contributed by atoms with Gasteiger partial charge in [-0.3, -0.25) is 0 Å². The molecule has 0 aromatic heterocycles. The lowest BCUT2D eigenvalue weighted by Crippen LogP contribution is -2.20. The van der Waals surface area contributed by atoms with E-state index < -0.39 is 18.2 Å². The molecule has 0 bridgehead atoms. The highest BCUT2D eigenvalue weighted by atomic mass is 16.5. The fraction of sp³-hybridized carbons (Fsp3) is 0.462. The first-order valence-electron chi connectivity index (χ1n) is 6.07. The first-order valence-corrected chi connectivity index (χ1v) is 6.07. The molecule has 7 nitrogen and oxygen atoms in total. The number of azide groups is 1.